The molecule has 0 spiro atoms. The molecule has 0 N–H and O–H groups in total. The van der Waals surface area contributed by atoms with Crippen molar-refractivity contribution in [1.82, 2.24) is 0 Å². The molecule has 0 amide bonds. The van der Waals surface area contributed by atoms with Gasteiger partial charge in [-0.05, 0) is 19.8 Å². The molecule has 0 saturated carbocycles. The van der Waals surface area contributed by atoms with E-state index in [2.05, 4.69) is 30.2 Å². The number of hydrogen-bond acceptors (Lipinski definition) is 1. The van der Waals surface area contributed by atoms with E-state index in [1.807, 2.05) is 0 Å². The smallest absolute Gasteiger partial charge is 0.0684 e. The van der Waals surface area contributed by atoms with Crippen LogP contribution in [0.25, 0.3) is 0 Å². The van der Waals surface area contributed by atoms with Crippen molar-refractivity contribution in [3.05, 3.63) is 0 Å². The van der Waals surface area contributed by atoms with Crippen molar-refractivity contribution in [2.45, 2.75) is 39.2 Å². The maximum Gasteiger partial charge on any atom is 0.0684 e. The van der Waals surface area contributed by atoms with Gasteiger partial charge >= 0.3 is 0 Å². The zero-order valence-electron chi connectivity index (χ0n) is 5.90. The molecule has 50 valence electrons. The summed E-state index contributed by atoms with van der Waals surface area (Å²) in [5.41, 5.74) is 0.0880. The minimum Gasteiger partial charge on any atom is -0.360 e. The topological polar surface area (TPSA) is 9.23 Å². The lowest BCUT2D eigenvalue weighted by molar-refractivity contribution is 0.106. The number of hydrogen-bond donors (Lipinski definition) is 0. The van der Waals surface area contributed by atoms with Crippen LogP contribution in [0.3, 0.4) is 0 Å². The SMILES string of the molecule is CCC(C)(CC)OP. The van der Waals surface area contributed by atoms with Gasteiger partial charge in [0, 0.05) is 9.47 Å². The zero-order chi connectivity index (χ0) is 6.62. The lowest BCUT2D eigenvalue weighted by Crippen LogP contribution is -2.21. The van der Waals surface area contributed by atoms with Crippen LogP contribution in [0.2, 0.25) is 0 Å². The quantitative estimate of drug-likeness (QED) is 0.538. The van der Waals surface area contributed by atoms with Crippen LogP contribution in [-0.4, -0.2) is 5.60 Å². The summed E-state index contributed by atoms with van der Waals surface area (Å²) in [5.74, 6) is 0. The van der Waals surface area contributed by atoms with Crippen LogP contribution >= 0.6 is 9.47 Å². The van der Waals surface area contributed by atoms with E-state index in [4.69, 9.17) is 4.52 Å². The Hall–Kier alpha value is 0.390. The molecule has 0 bridgehead atoms. The Bertz CT molecular complexity index is 51.3. The average Bonchev–Trinajstić information content (AvgIpc) is 1.87. The van der Waals surface area contributed by atoms with Crippen molar-refractivity contribution in [3.63, 3.8) is 0 Å². The predicted octanol–water partition coefficient (Wildman–Crippen LogP) is 2.37. The van der Waals surface area contributed by atoms with Crippen LogP contribution < -0.4 is 0 Å². The van der Waals surface area contributed by atoms with Crippen molar-refractivity contribution in [2.24, 2.45) is 0 Å². The van der Waals surface area contributed by atoms with Crippen LogP contribution in [0.5, 0.6) is 0 Å². The molecule has 0 aliphatic heterocycles. The first-order valence-electron chi connectivity index (χ1n) is 3.06. The molecule has 2 heteroatoms. The van der Waals surface area contributed by atoms with Crippen molar-refractivity contribution in [3.8, 4) is 0 Å². The van der Waals surface area contributed by atoms with Gasteiger partial charge in [-0.15, -0.1) is 0 Å². The summed E-state index contributed by atoms with van der Waals surface area (Å²) in [6.07, 6.45) is 2.15. The number of rotatable bonds is 3. The molecule has 8 heavy (non-hydrogen) atoms. The van der Waals surface area contributed by atoms with Gasteiger partial charge in [-0.25, -0.2) is 0 Å². The Morgan fingerprint density at radius 3 is 1.75 bits per heavy atom. The fourth-order valence-corrected chi connectivity index (χ4v) is 0.750. The Balaban J connectivity index is 3.58. The highest BCUT2D eigenvalue weighted by Gasteiger charge is 2.16. The summed E-state index contributed by atoms with van der Waals surface area (Å²) < 4.78 is 5.15. The summed E-state index contributed by atoms with van der Waals surface area (Å²) >= 11 is 0. The van der Waals surface area contributed by atoms with E-state index in [0.717, 1.165) is 12.8 Å². The molecule has 1 nitrogen and oxygen atoms in total. The third-order valence-corrected chi connectivity index (χ3v) is 2.35. The highest BCUT2D eigenvalue weighted by Crippen LogP contribution is 2.21. The Labute approximate surface area is 54.1 Å². The van der Waals surface area contributed by atoms with E-state index in [1.165, 1.54) is 0 Å². The molecule has 0 aromatic heterocycles. The summed E-state index contributed by atoms with van der Waals surface area (Å²) in [4.78, 5) is 0. The van der Waals surface area contributed by atoms with Gasteiger partial charge in [0.1, 0.15) is 0 Å². The standard InChI is InChI=1S/C6H15OP/c1-4-6(3,5-2)7-8/h4-5,8H2,1-3H3. The molecule has 0 aromatic rings. The maximum atomic E-state index is 5.15. The fourth-order valence-electron chi connectivity index (χ4n) is 0.417. The van der Waals surface area contributed by atoms with Crippen LogP contribution in [0.1, 0.15) is 33.6 Å². The second-order valence-corrected chi connectivity index (χ2v) is 2.51. The third kappa shape index (κ3) is 2.11. The predicted molar refractivity (Wildman–Crippen MR) is 39.8 cm³/mol. The van der Waals surface area contributed by atoms with Crippen molar-refractivity contribution in [1.29, 1.82) is 0 Å². The zero-order valence-corrected chi connectivity index (χ0v) is 7.05. The van der Waals surface area contributed by atoms with Gasteiger partial charge in [-0.2, -0.15) is 0 Å². The van der Waals surface area contributed by atoms with Gasteiger partial charge in [0.25, 0.3) is 0 Å². The fraction of sp³-hybridized carbons (Fsp3) is 1.00. The van der Waals surface area contributed by atoms with E-state index in [9.17, 15) is 0 Å². The molecule has 0 heterocycles. The van der Waals surface area contributed by atoms with E-state index < -0.39 is 0 Å². The minimum atomic E-state index is 0.0880. The van der Waals surface area contributed by atoms with Crippen molar-refractivity contribution >= 4 is 9.47 Å². The molecule has 0 rings (SSSR count). The third-order valence-electron chi connectivity index (χ3n) is 1.78. The highest BCUT2D eigenvalue weighted by atomic mass is 31.0. The Kier molecular flexibility index (Phi) is 3.59. The molecule has 0 aromatic carbocycles. The second kappa shape index (κ2) is 3.42. The van der Waals surface area contributed by atoms with Gasteiger partial charge in [0.15, 0.2) is 0 Å². The largest absolute Gasteiger partial charge is 0.360 e. The summed E-state index contributed by atoms with van der Waals surface area (Å²) in [7, 11) is 2.31. The van der Waals surface area contributed by atoms with Gasteiger partial charge in [-0.3, -0.25) is 0 Å². The van der Waals surface area contributed by atoms with Crippen LogP contribution in [0.15, 0.2) is 0 Å². The Morgan fingerprint density at radius 1 is 1.38 bits per heavy atom. The summed E-state index contributed by atoms with van der Waals surface area (Å²) in [6, 6.07) is 0. The maximum absolute atomic E-state index is 5.15. The van der Waals surface area contributed by atoms with Gasteiger partial charge < -0.3 is 4.52 Å². The molecule has 0 saturated heterocycles. The summed E-state index contributed by atoms with van der Waals surface area (Å²) in [6.45, 7) is 6.38. The van der Waals surface area contributed by atoms with Crippen LogP contribution in [0.4, 0.5) is 0 Å². The van der Waals surface area contributed by atoms with Crippen LogP contribution in [0, 0.1) is 0 Å². The molecule has 0 fully saturated rings. The molecule has 0 aliphatic carbocycles. The summed E-state index contributed by atoms with van der Waals surface area (Å²) in [5, 5.41) is 0. The molecule has 0 aliphatic rings. The lowest BCUT2D eigenvalue weighted by atomic mass is 10.0. The molecule has 1 unspecified atom stereocenters. The van der Waals surface area contributed by atoms with Gasteiger partial charge in [0.05, 0.1) is 5.60 Å². The van der Waals surface area contributed by atoms with Crippen molar-refractivity contribution < 1.29 is 4.52 Å². The molecular weight excluding hydrogens is 119 g/mol. The average molecular weight is 134 g/mol. The second-order valence-electron chi connectivity index (χ2n) is 2.27. The first-order chi connectivity index (χ1) is 3.68. The van der Waals surface area contributed by atoms with Gasteiger partial charge in [-0.1, -0.05) is 13.8 Å². The molecule has 1 atom stereocenters. The first kappa shape index (κ1) is 8.39. The molecular formula is C6H15OP. The van der Waals surface area contributed by atoms with Gasteiger partial charge in [0.2, 0.25) is 0 Å². The normalized spacial score (nSPS) is 12.0. The highest BCUT2D eigenvalue weighted by molar-refractivity contribution is 7.09. The Morgan fingerprint density at radius 2 is 1.75 bits per heavy atom. The van der Waals surface area contributed by atoms with Crippen LogP contribution in [-0.2, 0) is 4.52 Å². The lowest BCUT2D eigenvalue weighted by Gasteiger charge is -2.23. The molecule has 0 radical (unpaired) electrons. The van der Waals surface area contributed by atoms with E-state index in [0.29, 0.717) is 0 Å². The van der Waals surface area contributed by atoms with E-state index in [1.54, 1.807) is 0 Å². The first-order valence-corrected chi connectivity index (χ1v) is 3.53. The minimum absolute atomic E-state index is 0.0880. The van der Waals surface area contributed by atoms with E-state index in [-0.39, 0.29) is 5.60 Å². The van der Waals surface area contributed by atoms with Crippen molar-refractivity contribution in [2.75, 3.05) is 0 Å². The van der Waals surface area contributed by atoms with E-state index >= 15 is 0 Å². The monoisotopic (exact) mass is 134 g/mol.